The summed E-state index contributed by atoms with van der Waals surface area (Å²) in [6.07, 6.45) is 0.699. The van der Waals surface area contributed by atoms with Gasteiger partial charge in [-0.3, -0.25) is 14.7 Å². The van der Waals surface area contributed by atoms with Crippen LogP contribution >= 0.6 is 0 Å². The molecule has 7 nitrogen and oxygen atoms in total. The fraction of sp³-hybridized carbons (Fsp3) is 0.364. The average Bonchev–Trinajstić information content (AvgIpc) is 3.30. The fourth-order valence-electron chi connectivity index (χ4n) is 3.93. The van der Waals surface area contributed by atoms with Gasteiger partial charge in [-0.25, -0.2) is 4.79 Å². The molecular weight excluding hydrogens is 370 g/mol. The van der Waals surface area contributed by atoms with Crippen molar-refractivity contribution in [2.75, 3.05) is 26.7 Å². The zero-order valence-corrected chi connectivity index (χ0v) is 16.4. The number of nitrogens with zero attached hydrogens (tertiary/aromatic N) is 2. The molecule has 0 saturated carbocycles. The number of aliphatic hydroxyl groups is 1. The topological polar surface area (TPSA) is 89.8 Å². The highest BCUT2D eigenvalue weighted by Crippen LogP contribution is 2.24. The Kier molecular flexibility index (Phi) is 5.51. The number of hydrogen-bond donors (Lipinski definition) is 2. The lowest BCUT2D eigenvalue weighted by Crippen LogP contribution is -2.39. The highest BCUT2D eigenvalue weighted by atomic mass is 16.4. The molecule has 1 amide bonds. The van der Waals surface area contributed by atoms with Crippen LogP contribution < -0.4 is 5.76 Å². The molecule has 1 aliphatic heterocycles. The number of amides is 1. The van der Waals surface area contributed by atoms with Crippen molar-refractivity contribution in [3.8, 4) is 0 Å². The van der Waals surface area contributed by atoms with Gasteiger partial charge in [0, 0.05) is 26.7 Å². The summed E-state index contributed by atoms with van der Waals surface area (Å²) in [7, 11) is 1.82. The number of carbonyl (C=O) groups is 1. The summed E-state index contributed by atoms with van der Waals surface area (Å²) in [5.74, 6) is -0.513. The number of aromatic nitrogens is 1. The Bertz CT molecular complexity index is 1040. The number of nitrogens with one attached hydrogen (secondary N) is 1. The molecule has 2 heterocycles. The first kappa shape index (κ1) is 19.4. The summed E-state index contributed by atoms with van der Waals surface area (Å²) in [5.41, 5.74) is 2.96. The normalized spacial score (nSPS) is 18.2. The van der Waals surface area contributed by atoms with Crippen molar-refractivity contribution >= 4 is 17.0 Å². The van der Waals surface area contributed by atoms with E-state index in [1.54, 1.807) is 23.1 Å². The molecule has 0 radical (unpaired) electrons. The van der Waals surface area contributed by atoms with Crippen LogP contribution in [-0.2, 0) is 11.2 Å². The number of aliphatic hydroxyl groups excluding tert-OH is 1. The highest BCUT2D eigenvalue weighted by Gasteiger charge is 2.28. The van der Waals surface area contributed by atoms with Gasteiger partial charge in [-0.05, 0) is 29.7 Å². The zero-order chi connectivity index (χ0) is 20.4. The summed E-state index contributed by atoms with van der Waals surface area (Å²) < 4.78 is 5.02. The number of carbonyl (C=O) groups excluding carboxylic acids is 1. The smallest absolute Gasteiger partial charge is 0.408 e. The van der Waals surface area contributed by atoms with Crippen LogP contribution in [0.1, 0.15) is 23.6 Å². The molecule has 152 valence electrons. The van der Waals surface area contributed by atoms with Crippen LogP contribution in [0, 0.1) is 0 Å². The van der Waals surface area contributed by atoms with Gasteiger partial charge in [-0.1, -0.05) is 36.4 Å². The predicted octanol–water partition coefficient (Wildman–Crippen LogP) is 1.93. The molecule has 0 aliphatic carbocycles. The van der Waals surface area contributed by atoms with Crippen molar-refractivity contribution in [2.24, 2.45) is 0 Å². The van der Waals surface area contributed by atoms with Gasteiger partial charge in [-0.2, -0.15) is 0 Å². The third kappa shape index (κ3) is 4.41. The Balaban J connectivity index is 1.52. The van der Waals surface area contributed by atoms with E-state index in [-0.39, 0.29) is 24.5 Å². The Morgan fingerprint density at radius 3 is 2.83 bits per heavy atom. The van der Waals surface area contributed by atoms with Crippen LogP contribution in [-0.4, -0.2) is 58.6 Å². The first-order valence-electron chi connectivity index (χ1n) is 9.82. The van der Waals surface area contributed by atoms with E-state index in [0.29, 0.717) is 24.2 Å². The van der Waals surface area contributed by atoms with Crippen LogP contribution in [0.5, 0.6) is 0 Å². The molecule has 3 aromatic rings. The molecule has 2 atom stereocenters. The number of aromatic amines is 1. The number of rotatable bonds is 6. The molecule has 1 saturated heterocycles. The Morgan fingerprint density at radius 1 is 1.31 bits per heavy atom. The third-order valence-electron chi connectivity index (χ3n) is 5.56. The summed E-state index contributed by atoms with van der Waals surface area (Å²) in [6, 6.07) is 15.2. The lowest BCUT2D eigenvalue weighted by atomic mass is 10.0. The van der Waals surface area contributed by atoms with E-state index in [1.807, 2.05) is 37.4 Å². The molecule has 0 unspecified atom stereocenters. The Hall–Kier alpha value is -2.90. The third-order valence-corrected chi connectivity index (χ3v) is 5.56. The number of hydrogen-bond acceptors (Lipinski definition) is 5. The minimum absolute atomic E-state index is 0.0104. The summed E-state index contributed by atoms with van der Waals surface area (Å²) >= 11 is 0. The molecule has 0 bridgehead atoms. The lowest BCUT2D eigenvalue weighted by molar-refractivity contribution is -0.131. The number of β-amino-alcohol motifs (C(OH)–C–C–N with tert-alkyl or cyclic N) is 1. The molecule has 4 rings (SSSR count). The minimum atomic E-state index is -0.502. The van der Waals surface area contributed by atoms with Crippen molar-refractivity contribution in [2.45, 2.75) is 25.0 Å². The maximum absolute atomic E-state index is 13.1. The predicted molar refractivity (Wildman–Crippen MR) is 110 cm³/mol. The standard InChI is InChI=1S/C22H25N3O4/c1-24(21(27)12-15-7-8-20-18(11-15)23-22(28)29-20)19(16-5-3-2-4-6-16)14-25-10-9-17(26)13-25/h2-8,11,17,19,26H,9-10,12-14H2,1H3,(H,23,28)/t17-,19+/m0/s1. The largest absolute Gasteiger partial charge is 0.417 e. The first-order valence-corrected chi connectivity index (χ1v) is 9.82. The Morgan fingerprint density at radius 2 is 2.10 bits per heavy atom. The number of likely N-dealkylation sites (N-methyl/N-ethyl adjacent to an activating group) is 1. The van der Waals surface area contributed by atoms with E-state index in [0.717, 1.165) is 24.1 Å². The summed E-state index contributed by atoms with van der Waals surface area (Å²) in [6.45, 7) is 2.14. The molecular formula is C22H25N3O4. The van der Waals surface area contributed by atoms with Crippen molar-refractivity contribution < 1.29 is 14.3 Å². The fourth-order valence-corrected chi connectivity index (χ4v) is 3.93. The second-order valence-corrected chi connectivity index (χ2v) is 7.66. The summed E-state index contributed by atoms with van der Waals surface area (Å²) in [4.78, 5) is 31.0. The number of fused-ring (bicyclic) bond motifs is 1. The van der Waals surface area contributed by atoms with Gasteiger partial charge in [-0.15, -0.1) is 0 Å². The van der Waals surface area contributed by atoms with Crippen molar-refractivity contribution in [1.29, 1.82) is 0 Å². The monoisotopic (exact) mass is 395 g/mol. The van der Waals surface area contributed by atoms with Gasteiger partial charge in [0.15, 0.2) is 5.58 Å². The van der Waals surface area contributed by atoms with Gasteiger partial charge in [0.2, 0.25) is 5.91 Å². The zero-order valence-electron chi connectivity index (χ0n) is 16.4. The molecule has 1 aromatic heterocycles. The van der Waals surface area contributed by atoms with E-state index >= 15 is 0 Å². The van der Waals surface area contributed by atoms with Gasteiger partial charge in [0.05, 0.1) is 24.1 Å². The van der Waals surface area contributed by atoms with E-state index in [1.165, 1.54) is 0 Å². The lowest BCUT2D eigenvalue weighted by Gasteiger charge is -2.32. The first-order chi connectivity index (χ1) is 14.0. The van der Waals surface area contributed by atoms with Gasteiger partial charge in [0.1, 0.15) is 0 Å². The number of oxazole rings is 1. The molecule has 29 heavy (non-hydrogen) atoms. The van der Waals surface area contributed by atoms with Crippen LogP contribution in [0.3, 0.4) is 0 Å². The second kappa shape index (κ2) is 8.23. The van der Waals surface area contributed by atoms with E-state index in [4.69, 9.17) is 4.42 Å². The van der Waals surface area contributed by atoms with Crippen molar-refractivity contribution in [3.05, 3.63) is 70.2 Å². The number of benzene rings is 2. The number of likely N-dealkylation sites (tertiary alicyclic amines) is 1. The van der Waals surface area contributed by atoms with Crippen LogP contribution in [0.4, 0.5) is 0 Å². The molecule has 2 N–H and O–H groups in total. The van der Waals surface area contributed by atoms with Gasteiger partial charge in [0.25, 0.3) is 0 Å². The van der Waals surface area contributed by atoms with Crippen LogP contribution in [0.15, 0.2) is 57.7 Å². The van der Waals surface area contributed by atoms with E-state index < -0.39 is 5.76 Å². The molecule has 2 aromatic carbocycles. The molecule has 7 heteroatoms. The maximum atomic E-state index is 13.1. The highest BCUT2D eigenvalue weighted by molar-refractivity contribution is 5.81. The molecule has 0 spiro atoms. The summed E-state index contributed by atoms with van der Waals surface area (Å²) in [5, 5.41) is 9.86. The molecule has 1 aliphatic rings. The Labute approximate surface area is 168 Å². The van der Waals surface area contributed by atoms with Crippen molar-refractivity contribution in [1.82, 2.24) is 14.8 Å². The second-order valence-electron chi connectivity index (χ2n) is 7.66. The van der Waals surface area contributed by atoms with Crippen molar-refractivity contribution in [3.63, 3.8) is 0 Å². The van der Waals surface area contributed by atoms with Gasteiger partial charge >= 0.3 is 5.76 Å². The quantitative estimate of drug-likeness (QED) is 0.666. The maximum Gasteiger partial charge on any atom is 0.417 e. The molecule has 1 fully saturated rings. The van der Waals surface area contributed by atoms with Crippen LogP contribution in [0.25, 0.3) is 11.1 Å². The van der Waals surface area contributed by atoms with Gasteiger partial charge < -0.3 is 14.4 Å². The average molecular weight is 395 g/mol. The van der Waals surface area contributed by atoms with E-state index in [2.05, 4.69) is 9.88 Å². The van der Waals surface area contributed by atoms with Crippen LogP contribution in [0.2, 0.25) is 0 Å². The minimum Gasteiger partial charge on any atom is -0.408 e. The number of H-pyrrole nitrogens is 1. The van der Waals surface area contributed by atoms with E-state index in [9.17, 15) is 14.7 Å². The SMILES string of the molecule is CN(C(=O)Cc1ccc2oc(=O)[nH]c2c1)[C@H](CN1CC[C@H](O)C1)c1ccccc1.